The number of ether oxygens (including phenoxy) is 3. The number of rotatable bonds is 8. The van der Waals surface area contributed by atoms with Crippen molar-refractivity contribution in [3.05, 3.63) is 59.2 Å². The highest BCUT2D eigenvalue weighted by molar-refractivity contribution is 5.77. The van der Waals surface area contributed by atoms with Gasteiger partial charge in [-0.05, 0) is 28.8 Å². The molecule has 0 aliphatic rings. The van der Waals surface area contributed by atoms with Crippen LogP contribution in [0, 0.1) is 0 Å². The Bertz CT molecular complexity index is 717. The minimum absolute atomic E-state index is 0.391. The van der Waals surface area contributed by atoms with Gasteiger partial charge < -0.3 is 25.3 Å². The Labute approximate surface area is 148 Å². The zero-order valence-electron chi connectivity index (χ0n) is 14.9. The van der Waals surface area contributed by atoms with Crippen LogP contribution < -0.4 is 20.5 Å². The van der Waals surface area contributed by atoms with E-state index in [4.69, 9.17) is 19.9 Å². The molecule has 134 valence electrons. The molecule has 0 aliphatic heterocycles. The summed E-state index contributed by atoms with van der Waals surface area (Å²) in [5.74, 6) is 1.76. The summed E-state index contributed by atoms with van der Waals surface area (Å²) in [6.07, 6.45) is 0. The zero-order chi connectivity index (χ0) is 18.1. The van der Waals surface area contributed by atoms with Crippen LogP contribution in [0.2, 0.25) is 0 Å². The summed E-state index contributed by atoms with van der Waals surface area (Å²) >= 11 is 0. The molecular formula is C19H25N3O3. The highest BCUT2D eigenvalue weighted by Crippen LogP contribution is 2.27. The summed E-state index contributed by atoms with van der Waals surface area (Å²) in [5, 5.41) is 3.14. The van der Waals surface area contributed by atoms with Crippen molar-refractivity contribution in [3.8, 4) is 11.5 Å². The molecule has 0 saturated carbocycles. The first-order valence-electron chi connectivity index (χ1n) is 7.98. The van der Waals surface area contributed by atoms with Gasteiger partial charge in [-0.15, -0.1) is 0 Å². The van der Waals surface area contributed by atoms with Crippen LogP contribution in [0.4, 0.5) is 0 Å². The maximum atomic E-state index is 5.97. The van der Waals surface area contributed by atoms with Crippen LogP contribution >= 0.6 is 0 Å². The summed E-state index contributed by atoms with van der Waals surface area (Å²) in [7, 11) is 4.90. The van der Waals surface area contributed by atoms with E-state index in [1.165, 1.54) is 0 Å². The predicted molar refractivity (Wildman–Crippen MR) is 98.9 cm³/mol. The van der Waals surface area contributed by atoms with Crippen LogP contribution in [0.5, 0.6) is 11.5 Å². The summed E-state index contributed by atoms with van der Waals surface area (Å²) in [6, 6.07) is 13.8. The lowest BCUT2D eigenvalue weighted by molar-refractivity contribution is 0.184. The Morgan fingerprint density at radius 1 is 1.00 bits per heavy atom. The van der Waals surface area contributed by atoms with Gasteiger partial charge in [0.2, 0.25) is 0 Å². The van der Waals surface area contributed by atoms with Gasteiger partial charge in [0.05, 0.1) is 27.4 Å². The molecule has 2 aromatic rings. The molecule has 0 aromatic heterocycles. The third kappa shape index (κ3) is 5.39. The Hall–Kier alpha value is -2.73. The van der Waals surface area contributed by atoms with Crippen LogP contribution in [-0.4, -0.2) is 27.3 Å². The number of aliphatic imine (C=N–C) groups is 1. The Kier molecular flexibility index (Phi) is 7.10. The Balaban J connectivity index is 1.96. The molecule has 0 fully saturated rings. The molecular weight excluding hydrogens is 318 g/mol. The van der Waals surface area contributed by atoms with Crippen molar-refractivity contribution in [1.29, 1.82) is 0 Å². The fraction of sp³-hybridized carbons (Fsp3) is 0.316. The number of hydrogen-bond donors (Lipinski definition) is 2. The first-order valence-corrected chi connectivity index (χ1v) is 7.98. The number of benzene rings is 2. The molecule has 0 unspecified atom stereocenters. The van der Waals surface area contributed by atoms with Crippen molar-refractivity contribution in [2.45, 2.75) is 19.7 Å². The fourth-order valence-electron chi connectivity index (χ4n) is 2.42. The van der Waals surface area contributed by atoms with Crippen LogP contribution in [-0.2, 0) is 24.4 Å². The molecule has 0 bridgehead atoms. The van der Waals surface area contributed by atoms with Crippen molar-refractivity contribution in [2.75, 3.05) is 21.3 Å². The Morgan fingerprint density at radius 2 is 1.72 bits per heavy atom. The molecule has 2 aromatic carbocycles. The zero-order valence-corrected chi connectivity index (χ0v) is 14.9. The van der Waals surface area contributed by atoms with E-state index < -0.39 is 0 Å². The number of nitrogens with zero attached hydrogens (tertiary/aromatic N) is 1. The lowest BCUT2D eigenvalue weighted by atomic mass is 10.1. The average Bonchev–Trinajstić information content (AvgIpc) is 2.65. The Morgan fingerprint density at radius 3 is 2.40 bits per heavy atom. The molecule has 0 aliphatic carbocycles. The van der Waals surface area contributed by atoms with Crippen LogP contribution in [0.15, 0.2) is 47.5 Å². The van der Waals surface area contributed by atoms with Crippen molar-refractivity contribution in [2.24, 2.45) is 10.7 Å². The van der Waals surface area contributed by atoms with Gasteiger partial charge >= 0.3 is 0 Å². The molecule has 0 spiro atoms. The van der Waals surface area contributed by atoms with Crippen molar-refractivity contribution in [1.82, 2.24) is 5.32 Å². The van der Waals surface area contributed by atoms with Crippen LogP contribution in [0.1, 0.15) is 16.7 Å². The summed E-state index contributed by atoms with van der Waals surface area (Å²) < 4.78 is 15.7. The molecule has 6 nitrogen and oxygen atoms in total. The highest BCUT2D eigenvalue weighted by atomic mass is 16.5. The summed E-state index contributed by atoms with van der Waals surface area (Å²) in [6.45, 7) is 1.63. The second kappa shape index (κ2) is 9.54. The monoisotopic (exact) mass is 343 g/mol. The third-order valence-corrected chi connectivity index (χ3v) is 3.76. The van der Waals surface area contributed by atoms with E-state index in [9.17, 15) is 0 Å². The van der Waals surface area contributed by atoms with Gasteiger partial charge in [0.25, 0.3) is 0 Å². The van der Waals surface area contributed by atoms with E-state index in [0.717, 1.165) is 16.7 Å². The average molecular weight is 343 g/mol. The van der Waals surface area contributed by atoms with Gasteiger partial charge in [0.15, 0.2) is 17.5 Å². The van der Waals surface area contributed by atoms with Gasteiger partial charge in [0, 0.05) is 13.7 Å². The molecule has 25 heavy (non-hydrogen) atoms. The number of nitrogens with two attached hydrogens (primary N) is 1. The van der Waals surface area contributed by atoms with Crippen molar-refractivity contribution >= 4 is 5.96 Å². The number of hydrogen-bond acceptors (Lipinski definition) is 4. The smallest absolute Gasteiger partial charge is 0.189 e. The maximum Gasteiger partial charge on any atom is 0.189 e. The lowest BCUT2D eigenvalue weighted by Gasteiger charge is -2.11. The molecule has 6 heteroatoms. The van der Waals surface area contributed by atoms with Crippen molar-refractivity contribution in [3.63, 3.8) is 0 Å². The van der Waals surface area contributed by atoms with Crippen LogP contribution in [0.3, 0.4) is 0 Å². The maximum absolute atomic E-state index is 5.97. The minimum Gasteiger partial charge on any atom is -0.493 e. The van der Waals surface area contributed by atoms with E-state index in [-0.39, 0.29) is 0 Å². The lowest BCUT2D eigenvalue weighted by Crippen LogP contribution is -2.31. The van der Waals surface area contributed by atoms with E-state index in [1.807, 2.05) is 42.5 Å². The van der Waals surface area contributed by atoms with Crippen molar-refractivity contribution < 1.29 is 14.2 Å². The number of methoxy groups -OCH3 is 3. The molecule has 0 atom stereocenters. The predicted octanol–water partition coefficient (Wildman–Crippen LogP) is 2.45. The fourth-order valence-corrected chi connectivity index (χ4v) is 2.42. The second-order valence-electron chi connectivity index (χ2n) is 5.45. The normalized spacial score (nSPS) is 11.2. The second-order valence-corrected chi connectivity index (χ2v) is 5.45. The SMILES string of the molecule is COCc1ccccc1CNC(N)=NCc1ccc(OC)c(OC)c1. The van der Waals surface area contributed by atoms with E-state index >= 15 is 0 Å². The largest absolute Gasteiger partial charge is 0.493 e. The molecule has 3 N–H and O–H groups in total. The van der Waals surface area contributed by atoms with Gasteiger partial charge in [-0.3, -0.25) is 0 Å². The molecule has 2 rings (SSSR count). The van der Waals surface area contributed by atoms with E-state index in [2.05, 4.69) is 10.3 Å². The number of guanidine groups is 1. The quantitative estimate of drug-likeness (QED) is 0.569. The molecule has 0 heterocycles. The van der Waals surface area contributed by atoms with E-state index in [1.54, 1.807) is 21.3 Å². The summed E-state index contributed by atoms with van der Waals surface area (Å²) in [5.41, 5.74) is 9.22. The first-order chi connectivity index (χ1) is 12.2. The third-order valence-electron chi connectivity index (χ3n) is 3.76. The topological polar surface area (TPSA) is 78.1 Å². The highest BCUT2D eigenvalue weighted by Gasteiger charge is 2.05. The van der Waals surface area contributed by atoms with Gasteiger partial charge in [-0.25, -0.2) is 4.99 Å². The standard InChI is InChI=1S/C19H25N3O3/c1-23-13-16-7-5-4-6-15(16)12-22-19(20)21-11-14-8-9-17(24-2)18(10-14)25-3/h4-10H,11-13H2,1-3H3,(H3,20,21,22). The minimum atomic E-state index is 0.391. The summed E-state index contributed by atoms with van der Waals surface area (Å²) in [4.78, 5) is 4.37. The molecule has 0 amide bonds. The van der Waals surface area contributed by atoms with Crippen LogP contribution in [0.25, 0.3) is 0 Å². The number of nitrogens with one attached hydrogen (secondary N) is 1. The van der Waals surface area contributed by atoms with Gasteiger partial charge in [0.1, 0.15) is 0 Å². The first kappa shape index (κ1) is 18.6. The van der Waals surface area contributed by atoms with Gasteiger partial charge in [-0.1, -0.05) is 30.3 Å². The molecule has 0 saturated heterocycles. The molecule has 0 radical (unpaired) electrons. The van der Waals surface area contributed by atoms with E-state index in [0.29, 0.717) is 37.2 Å². The van der Waals surface area contributed by atoms with Gasteiger partial charge in [-0.2, -0.15) is 0 Å².